The molecule has 0 aliphatic carbocycles. The van der Waals surface area contributed by atoms with Crippen molar-refractivity contribution in [3.05, 3.63) is 69.6 Å². The lowest BCUT2D eigenvalue weighted by atomic mass is 10.1. The van der Waals surface area contributed by atoms with Gasteiger partial charge in [0, 0.05) is 28.3 Å². The van der Waals surface area contributed by atoms with Crippen LogP contribution in [-0.4, -0.2) is 20.3 Å². The Balaban J connectivity index is 1.60. The normalized spacial score (nSPS) is 11.2. The van der Waals surface area contributed by atoms with Crippen LogP contribution in [0.2, 0.25) is 0 Å². The average Bonchev–Trinajstić information content (AvgIpc) is 3.13. The van der Waals surface area contributed by atoms with E-state index in [0.29, 0.717) is 27.9 Å². The number of fused-ring (bicyclic) bond motifs is 1. The summed E-state index contributed by atoms with van der Waals surface area (Å²) in [5, 5.41) is 18.4. The number of nitrogens with zero attached hydrogens (tertiary/aromatic N) is 2. The van der Waals surface area contributed by atoms with Gasteiger partial charge in [-0.3, -0.25) is 5.10 Å². The highest BCUT2D eigenvalue weighted by Gasteiger charge is 2.12. The van der Waals surface area contributed by atoms with Crippen LogP contribution in [0.3, 0.4) is 0 Å². The summed E-state index contributed by atoms with van der Waals surface area (Å²) >= 11 is 1.43. The van der Waals surface area contributed by atoms with Crippen LogP contribution >= 0.6 is 11.8 Å². The largest absolute Gasteiger partial charge is 0.508 e. The molecule has 6 nitrogen and oxygen atoms in total. The molecule has 0 unspecified atom stereocenters. The van der Waals surface area contributed by atoms with E-state index in [9.17, 15) is 9.90 Å². The van der Waals surface area contributed by atoms with Crippen molar-refractivity contribution < 1.29 is 9.52 Å². The van der Waals surface area contributed by atoms with Gasteiger partial charge < -0.3 is 9.52 Å². The molecule has 7 heteroatoms. The minimum Gasteiger partial charge on any atom is -0.508 e. The molecule has 2 N–H and O–H groups in total. The molecule has 0 saturated carbocycles. The SMILES string of the molecule is Cc1ccc(-c2nc(SCc3cc(=O)oc4c(C)c(O)ccc34)n[nH]2)cc1. The molecule has 0 atom stereocenters. The summed E-state index contributed by atoms with van der Waals surface area (Å²) < 4.78 is 5.28. The van der Waals surface area contributed by atoms with Gasteiger partial charge in [-0.15, -0.1) is 5.10 Å². The zero-order chi connectivity index (χ0) is 19.0. The lowest BCUT2D eigenvalue weighted by molar-refractivity contribution is 0.468. The van der Waals surface area contributed by atoms with Gasteiger partial charge in [0.2, 0.25) is 5.16 Å². The van der Waals surface area contributed by atoms with Gasteiger partial charge in [-0.2, -0.15) is 0 Å². The predicted octanol–water partition coefficient (Wildman–Crippen LogP) is 4.19. The predicted molar refractivity (Wildman–Crippen MR) is 105 cm³/mol. The third kappa shape index (κ3) is 3.46. The molecule has 27 heavy (non-hydrogen) atoms. The number of aromatic nitrogens is 3. The maximum absolute atomic E-state index is 11.9. The molecule has 4 rings (SSSR count). The molecule has 0 aliphatic rings. The van der Waals surface area contributed by atoms with Crippen LogP contribution in [0.5, 0.6) is 5.75 Å². The molecule has 4 aromatic rings. The van der Waals surface area contributed by atoms with E-state index in [0.717, 1.165) is 16.5 Å². The fourth-order valence-electron chi connectivity index (χ4n) is 2.83. The number of thioether (sulfide) groups is 1. The molecule has 0 spiro atoms. The molecule has 0 radical (unpaired) electrons. The van der Waals surface area contributed by atoms with Crippen LogP contribution in [-0.2, 0) is 5.75 Å². The van der Waals surface area contributed by atoms with Crippen molar-refractivity contribution >= 4 is 22.7 Å². The Morgan fingerprint density at radius 1 is 1.15 bits per heavy atom. The number of H-pyrrole nitrogens is 1. The third-order valence-electron chi connectivity index (χ3n) is 4.36. The highest BCUT2D eigenvalue weighted by molar-refractivity contribution is 7.98. The zero-order valence-corrected chi connectivity index (χ0v) is 15.6. The Bertz CT molecular complexity index is 1180. The van der Waals surface area contributed by atoms with Crippen molar-refractivity contribution in [2.24, 2.45) is 0 Å². The van der Waals surface area contributed by atoms with E-state index in [1.54, 1.807) is 19.1 Å². The average molecular weight is 379 g/mol. The molecule has 0 bridgehead atoms. The lowest BCUT2D eigenvalue weighted by Crippen LogP contribution is -2.01. The summed E-state index contributed by atoms with van der Waals surface area (Å²) in [6, 6.07) is 12.9. The second-order valence-corrected chi connectivity index (χ2v) is 7.24. The van der Waals surface area contributed by atoms with Gasteiger partial charge in [-0.1, -0.05) is 41.6 Å². The van der Waals surface area contributed by atoms with Gasteiger partial charge in [0.25, 0.3) is 0 Å². The standard InChI is InChI=1S/C20H17N3O3S/c1-11-3-5-13(6-4-11)19-21-20(23-22-19)27-10-14-9-17(25)26-18-12(2)16(24)8-7-15(14)18/h3-9,24H,10H2,1-2H3,(H,21,22,23). The van der Waals surface area contributed by atoms with Crippen molar-refractivity contribution in [3.63, 3.8) is 0 Å². The summed E-state index contributed by atoms with van der Waals surface area (Å²) in [6.07, 6.45) is 0. The number of aryl methyl sites for hydroxylation is 2. The van der Waals surface area contributed by atoms with Gasteiger partial charge in [0.05, 0.1) is 0 Å². The number of aromatic amines is 1. The van der Waals surface area contributed by atoms with Crippen molar-refractivity contribution in [3.8, 4) is 17.1 Å². The summed E-state index contributed by atoms with van der Waals surface area (Å²) in [5.41, 5.74) is 3.49. The number of rotatable bonds is 4. The van der Waals surface area contributed by atoms with Gasteiger partial charge in [-0.25, -0.2) is 9.78 Å². The first kappa shape index (κ1) is 17.4. The molecule has 0 amide bonds. The zero-order valence-electron chi connectivity index (χ0n) is 14.8. The van der Waals surface area contributed by atoms with Gasteiger partial charge in [0.15, 0.2) is 5.82 Å². The number of aromatic hydroxyl groups is 1. The molecule has 0 fully saturated rings. The van der Waals surface area contributed by atoms with E-state index in [2.05, 4.69) is 15.2 Å². The molecule has 0 saturated heterocycles. The second-order valence-electron chi connectivity index (χ2n) is 6.30. The molecule has 2 aromatic carbocycles. The molecule has 136 valence electrons. The Hall–Kier alpha value is -3.06. The molecule has 2 heterocycles. The van der Waals surface area contributed by atoms with Crippen molar-refractivity contribution in [2.75, 3.05) is 0 Å². The topological polar surface area (TPSA) is 92.0 Å². The van der Waals surface area contributed by atoms with Crippen molar-refractivity contribution in [1.82, 2.24) is 15.2 Å². The minimum absolute atomic E-state index is 0.104. The Morgan fingerprint density at radius 3 is 2.70 bits per heavy atom. The highest BCUT2D eigenvalue weighted by atomic mass is 32.2. The molecular formula is C20H17N3O3S. The summed E-state index contributed by atoms with van der Waals surface area (Å²) in [4.78, 5) is 16.4. The number of hydrogen-bond acceptors (Lipinski definition) is 6. The number of hydrogen-bond donors (Lipinski definition) is 2. The van der Waals surface area contributed by atoms with Crippen LogP contribution in [0.15, 0.2) is 56.8 Å². The first-order valence-electron chi connectivity index (χ1n) is 8.39. The van der Waals surface area contributed by atoms with E-state index in [4.69, 9.17) is 4.42 Å². The number of benzene rings is 2. The third-order valence-corrected chi connectivity index (χ3v) is 5.26. The van der Waals surface area contributed by atoms with E-state index in [1.807, 2.05) is 31.2 Å². The summed E-state index contributed by atoms with van der Waals surface area (Å²) in [6.45, 7) is 3.76. The highest BCUT2D eigenvalue weighted by Crippen LogP contribution is 2.30. The van der Waals surface area contributed by atoms with Crippen LogP contribution in [0.4, 0.5) is 0 Å². The smallest absolute Gasteiger partial charge is 0.336 e. The minimum atomic E-state index is -0.442. The van der Waals surface area contributed by atoms with E-state index in [-0.39, 0.29) is 5.75 Å². The maximum atomic E-state index is 11.9. The number of nitrogens with one attached hydrogen (secondary N) is 1. The first-order valence-corrected chi connectivity index (χ1v) is 9.37. The van der Waals surface area contributed by atoms with Crippen LogP contribution in [0, 0.1) is 13.8 Å². The summed E-state index contributed by atoms with van der Waals surface area (Å²) in [5.74, 6) is 1.32. The first-order chi connectivity index (χ1) is 13.0. The van der Waals surface area contributed by atoms with E-state index >= 15 is 0 Å². The lowest BCUT2D eigenvalue weighted by Gasteiger charge is -2.07. The molecule has 2 aromatic heterocycles. The molecule has 0 aliphatic heterocycles. The van der Waals surface area contributed by atoms with Gasteiger partial charge >= 0.3 is 5.63 Å². The Labute approximate surface area is 159 Å². The van der Waals surface area contributed by atoms with E-state index < -0.39 is 5.63 Å². The van der Waals surface area contributed by atoms with Crippen LogP contribution < -0.4 is 5.63 Å². The number of phenolic OH excluding ortho intramolecular Hbond substituents is 1. The second kappa shape index (κ2) is 6.92. The van der Waals surface area contributed by atoms with E-state index in [1.165, 1.54) is 23.4 Å². The van der Waals surface area contributed by atoms with Crippen molar-refractivity contribution in [2.45, 2.75) is 24.8 Å². The molecular weight excluding hydrogens is 362 g/mol. The summed E-state index contributed by atoms with van der Waals surface area (Å²) in [7, 11) is 0. The maximum Gasteiger partial charge on any atom is 0.336 e. The fourth-order valence-corrected chi connectivity index (χ4v) is 3.62. The van der Waals surface area contributed by atoms with Gasteiger partial charge in [0.1, 0.15) is 11.3 Å². The fraction of sp³-hybridized carbons (Fsp3) is 0.150. The van der Waals surface area contributed by atoms with Gasteiger partial charge in [-0.05, 0) is 31.5 Å². The number of phenols is 1. The van der Waals surface area contributed by atoms with Crippen LogP contribution in [0.1, 0.15) is 16.7 Å². The Kier molecular flexibility index (Phi) is 4.45. The quantitative estimate of drug-likeness (QED) is 0.408. The monoisotopic (exact) mass is 379 g/mol. The van der Waals surface area contributed by atoms with Crippen LogP contribution in [0.25, 0.3) is 22.4 Å². The Morgan fingerprint density at radius 2 is 1.93 bits per heavy atom. The van der Waals surface area contributed by atoms with Crippen molar-refractivity contribution in [1.29, 1.82) is 0 Å².